The first-order valence-corrected chi connectivity index (χ1v) is 20.0. The topological polar surface area (TPSA) is 46.2 Å². The third kappa shape index (κ3) is 10.6. The maximum absolute atomic E-state index is 7.10. The fraction of sp³-hybridized carbons (Fsp3) is 0.294. The lowest BCUT2D eigenvalue weighted by Gasteiger charge is -2.47. The molecule has 1 aliphatic rings. The zero-order chi connectivity index (χ0) is 38.4. The van der Waals surface area contributed by atoms with Crippen LogP contribution in [0, 0.1) is 5.92 Å². The molecule has 5 nitrogen and oxygen atoms in total. The highest BCUT2D eigenvalue weighted by molar-refractivity contribution is 5.43. The predicted molar refractivity (Wildman–Crippen MR) is 224 cm³/mol. The first-order chi connectivity index (χ1) is 27.7. The van der Waals surface area contributed by atoms with Crippen molar-refractivity contribution in [2.75, 3.05) is 13.7 Å². The van der Waals surface area contributed by atoms with Crippen molar-refractivity contribution in [1.29, 1.82) is 0 Å². The highest BCUT2D eigenvalue weighted by Crippen LogP contribution is 2.43. The van der Waals surface area contributed by atoms with Crippen molar-refractivity contribution >= 4 is 0 Å². The van der Waals surface area contributed by atoms with Crippen LogP contribution in [0.1, 0.15) is 63.8 Å². The van der Waals surface area contributed by atoms with Crippen molar-refractivity contribution < 1.29 is 23.7 Å². The molecule has 1 saturated carbocycles. The fourth-order valence-corrected chi connectivity index (χ4v) is 7.88. The molecule has 7 rings (SSSR count). The number of benzene rings is 6. The lowest BCUT2D eigenvalue weighted by atomic mass is 9.72. The summed E-state index contributed by atoms with van der Waals surface area (Å²) in [5, 5.41) is 0. The number of hydrogen-bond donors (Lipinski definition) is 0. The summed E-state index contributed by atoms with van der Waals surface area (Å²) in [6.45, 7) is 4.60. The van der Waals surface area contributed by atoms with Crippen molar-refractivity contribution in [3.63, 3.8) is 0 Å². The maximum Gasteiger partial charge on any atom is 0.122 e. The van der Waals surface area contributed by atoms with E-state index >= 15 is 0 Å². The molecule has 0 spiro atoms. The van der Waals surface area contributed by atoms with Gasteiger partial charge < -0.3 is 23.7 Å². The van der Waals surface area contributed by atoms with Crippen LogP contribution in [-0.2, 0) is 58.2 Å². The van der Waals surface area contributed by atoms with Crippen LogP contribution in [0.15, 0.2) is 164 Å². The van der Waals surface area contributed by atoms with Crippen LogP contribution in [0.25, 0.3) is 0 Å². The molecule has 0 radical (unpaired) electrons. The van der Waals surface area contributed by atoms with Gasteiger partial charge in [-0.1, -0.05) is 165 Å². The average Bonchev–Trinajstić information content (AvgIpc) is 3.26. The molecule has 1 aliphatic carbocycles. The molecule has 288 valence electrons. The summed E-state index contributed by atoms with van der Waals surface area (Å²) in [4.78, 5) is 0. The van der Waals surface area contributed by atoms with E-state index in [1.54, 1.807) is 7.11 Å². The zero-order valence-corrected chi connectivity index (χ0v) is 32.7. The maximum atomic E-state index is 7.10. The van der Waals surface area contributed by atoms with Gasteiger partial charge in [0.15, 0.2) is 0 Å². The minimum absolute atomic E-state index is 0.00601. The van der Waals surface area contributed by atoms with Crippen molar-refractivity contribution in [1.82, 2.24) is 0 Å². The summed E-state index contributed by atoms with van der Waals surface area (Å²) in [6, 6.07) is 57.2. The van der Waals surface area contributed by atoms with E-state index in [2.05, 4.69) is 146 Å². The number of rotatable bonds is 18. The molecule has 5 atom stereocenters. The Kier molecular flexibility index (Phi) is 14.2. The first-order valence-electron chi connectivity index (χ1n) is 20.0. The van der Waals surface area contributed by atoms with E-state index < -0.39 is 0 Å². The normalized spacial score (nSPS) is 19.4. The van der Waals surface area contributed by atoms with Gasteiger partial charge in [0.25, 0.3) is 0 Å². The predicted octanol–water partition coefficient (Wildman–Crippen LogP) is 10.9. The second kappa shape index (κ2) is 20.2. The zero-order valence-electron chi connectivity index (χ0n) is 32.7. The monoisotopic (exact) mass is 746 g/mol. The van der Waals surface area contributed by atoms with Crippen LogP contribution in [0.4, 0.5) is 0 Å². The van der Waals surface area contributed by atoms with Gasteiger partial charge in [0.05, 0.1) is 52.4 Å². The van der Waals surface area contributed by atoms with Crippen molar-refractivity contribution in [3.8, 4) is 5.75 Å². The molecule has 0 saturated heterocycles. The van der Waals surface area contributed by atoms with E-state index in [0.29, 0.717) is 33.0 Å². The number of aryl methyl sites for hydroxylation is 1. The Balaban J connectivity index is 1.27. The summed E-state index contributed by atoms with van der Waals surface area (Å²) in [5.74, 6) is 0.903. The van der Waals surface area contributed by atoms with Crippen molar-refractivity contribution in [2.45, 2.75) is 76.8 Å². The second-order valence-corrected chi connectivity index (χ2v) is 14.8. The van der Waals surface area contributed by atoms with Crippen LogP contribution in [0.5, 0.6) is 5.75 Å². The minimum Gasteiger partial charge on any atom is -0.496 e. The molecule has 0 aliphatic heterocycles. The van der Waals surface area contributed by atoms with E-state index in [1.165, 1.54) is 16.7 Å². The van der Waals surface area contributed by atoms with E-state index in [-0.39, 0.29) is 30.1 Å². The first kappa shape index (κ1) is 39.2. The highest BCUT2D eigenvalue weighted by Gasteiger charge is 2.48. The van der Waals surface area contributed by atoms with Crippen LogP contribution in [0.3, 0.4) is 0 Å². The second-order valence-electron chi connectivity index (χ2n) is 14.8. The summed E-state index contributed by atoms with van der Waals surface area (Å²) < 4.78 is 33.7. The molecular formula is C51H54O5. The third-order valence-electron chi connectivity index (χ3n) is 10.9. The SMILES string of the molecule is CCc1ccc(Cc2cc([C@@H]3C[C@H](COCc4ccccc4)[C@@H](OCc4ccccc4)[C@H](OCc4ccccc4)[C@H]3OCc3ccccc3)ccc2OC)cc1. The summed E-state index contributed by atoms with van der Waals surface area (Å²) in [7, 11) is 1.76. The van der Waals surface area contributed by atoms with Gasteiger partial charge in [-0.25, -0.2) is 0 Å². The molecule has 0 bridgehead atoms. The third-order valence-corrected chi connectivity index (χ3v) is 10.9. The number of hydrogen-bond acceptors (Lipinski definition) is 5. The van der Waals surface area contributed by atoms with Crippen LogP contribution in [-0.4, -0.2) is 32.0 Å². The van der Waals surface area contributed by atoms with Crippen LogP contribution in [0.2, 0.25) is 0 Å². The Morgan fingerprint density at radius 1 is 0.482 bits per heavy atom. The Labute approximate surface area is 333 Å². The lowest BCUT2D eigenvalue weighted by Crippen LogP contribution is -2.54. The summed E-state index contributed by atoms with van der Waals surface area (Å²) in [6.07, 6.45) is 1.60. The van der Waals surface area contributed by atoms with Crippen LogP contribution < -0.4 is 4.74 Å². The number of ether oxygens (including phenoxy) is 5. The van der Waals surface area contributed by atoms with E-state index in [0.717, 1.165) is 52.8 Å². The lowest BCUT2D eigenvalue weighted by molar-refractivity contribution is -0.201. The van der Waals surface area contributed by atoms with E-state index in [4.69, 9.17) is 23.7 Å². The quantitative estimate of drug-likeness (QED) is 0.0876. The molecule has 6 aromatic rings. The van der Waals surface area contributed by atoms with E-state index in [9.17, 15) is 0 Å². The molecule has 0 heterocycles. The van der Waals surface area contributed by atoms with Crippen molar-refractivity contribution in [3.05, 3.63) is 208 Å². The fourth-order valence-electron chi connectivity index (χ4n) is 7.88. The van der Waals surface area contributed by atoms with Gasteiger partial charge in [0, 0.05) is 18.3 Å². The summed E-state index contributed by atoms with van der Waals surface area (Å²) in [5.41, 5.74) is 9.43. The molecule has 1 fully saturated rings. The summed E-state index contributed by atoms with van der Waals surface area (Å²) >= 11 is 0. The van der Waals surface area contributed by atoms with Gasteiger partial charge in [-0.3, -0.25) is 0 Å². The molecule has 5 heteroatoms. The molecule has 0 amide bonds. The molecule has 0 aromatic heterocycles. The Hall–Kier alpha value is -5.04. The van der Waals surface area contributed by atoms with Gasteiger partial charge in [0.1, 0.15) is 11.9 Å². The minimum atomic E-state index is -0.390. The van der Waals surface area contributed by atoms with Gasteiger partial charge in [0.2, 0.25) is 0 Å². The van der Waals surface area contributed by atoms with Gasteiger partial charge in [-0.2, -0.15) is 0 Å². The Bertz CT molecular complexity index is 2020. The van der Waals surface area contributed by atoms with E-state index in [1.807, 2.05) is 24.3 Å². The van der Waals surface area contributed by atoms with Crippen molar-refractivity contribution in [2.24, 2.45) is 5.92 Å². The van der Waals surface area contributed by atoms with Gasteiger partial charge in [-0.05, 0) is 63.4 Å². The Morgan fingerprint density at radius 3 is 1.48 bits per heavy atom. The molecule has 56 heavy (non-hydrogen) atoms. The Morgan fingerprint density at radius 2 is 0.964 bits per heavy atom. The molecule has 6 aromatic carbocycles. The number of methoxy groups -OCH3 is 1. The standard InChI is InChI=1S/C51H54O5/c1-3-38-24-26-39(27-25-38)30-45-31-44(28-29-48(45)52-2)47-32-46(37-53-33-40-16-8-4-9-17-40)49(54-34-41-18-10-5-11-19-41)51(56-36-43-22-14-7-15-23-43)50(47)55-35-42-20-12-6-13-21-42/h4-29,31,46-47,49-51H,3,30,32-37H2,1-2H3/t46-,47+,49-,50+,51+/m1/s1. The average molecular weight is 747 g/mol. The van der Waals surface area contributed by atoms with Crippen LogP contribution >= 0.6 is 0 Å². The molecule has 0 unspecified atom stereocenters. The van der Waals surface area contributed by atoms with Gasteiger partial charge in [-0.15, -0.1) is 0 Å². The molecule has 0 N–H and O–H groups in total. The molecular weight excluding hydrogens is 693 g/mol. The largest absolute Gasteiger partial charge is 0.496 e. The smallest absolute Gasteiger partial charge is 0.122 e. The van der Waals surface area contributed by atoms with Gasteiger partial charge >= 0.3 is 0 Å². The highest BCUT2D eigenvalue weighted by atomic mass is 16.6.